The quantitative estimate of drug-likeness (QED) is 0.351. The van der Waals surface area contributed by atoms with E-state index in [0.717, 1.165) is 11.3 Å². The van der Waals surface area contributed by atoms with Gasteiger partial charge >= 0.3 is 5.97 Å². The van der Waals surface area contributed by atoms with Crippen molar-refractivity contribution in [1.82, 2.24) is 9.88 Å². The molecule has 8 nitrogen and oxygen atoms in total. The number of allylic oxidation sites excluding steroid dienone is 2. The molecule has 2 heterocycles. The van der Waals surface area contributed by atoms with E-state index in [0.29, 0.717) is 23.7 Å². The smallest absolute Gasteiger partial charge is 0.307 e. The van der Waals surface area contributed by atoms with E-state index < -0.39 is 5.97 Å². The van der Waals surface area contributed by atoms with E-state index in [2.05, 4.69) is 4.98 Å². The number of esters is 1. The van der Waals surface area contributed by atoms with E-state index >= 15 is 0 Å². The van der Waals surface area contributed by atoms with Crippen LogP contribution >= 0.6 is 11.3 Å². The second-order valence-electron chi connectivity index (χ2n) is 8.21. The number of nitrogens with zero attached hydrogens (tertiary/aromatic N) is 3. The maximum absolute atomic E-state index is 12.5. The van der Waals surface area contributed by atoms with Crippen LogP contribution < -0.4 is 4.90 Å². The zero-order chi connectivity index (χ0) is 23.5. The van der Waals surface area contributed by atoms with E-state index in [1.165, 1.54) is 28.1 Å². The standard InChI is InChI=1S/C24H25N3O5S/c1-15-6-5-7-18(12-15)27(16(2)28)24-25-17(14-33-24)13-32-21(29)10-11-26-22(30)19-8-3-4-9-20(19)23(26)31/h3-7,12,14,19-20H,8-11,13H2,1-2H3. The summed E-state index contributed by atoms with van der Waals surface area (Å²) >= 11 is 1.28. The summed E-state index contributed by atoms with van der Waals surface area (Å²) in [5.74, 6) is -1.69. The van der Waals surface area contributed by atoms with Crippen molar-refractivity contribution < 1.29 is 23.9 Å². The summed E-state index contributed by atoms with van der Waals surface area (Å²) < 4.78 is 5.30. The first-order valence-electron chi connectivity index (χ1n) is 10.8. The number of carbonyl (C=O) groups excluding carboxylic acids is 4. The highest BCUT2D eigenvalue weighted by Crippen LogP contribution is 2.35. The normalized spacial score (nSPS) is 19.5. The number of thiazole rings is 1. The van der Waals surface area contributed by atoms with Crippen LogP contribution in [-0.2, 0) is 30.5 Å². The maximum atomic E-state index is 12.5. The summed E-state index contributed by atoms with van der Waals surface area (Å²) in [6, 6.07) is 7.55. The highest BCUT2D eigenvalue weighted by atomic mass is 32.1. The minimum atomic E-state index is -0.514. The molecular weight excluding hydrogens is 442 g/mol. The van der Waals surface area contributed by atoms with Crippen LogP contribution in [0.1, 0.15) is 37.4 Å². The van der Waals surface area contributed by atoms with Crippen LogP contribution in [0, 0.1) is 18.8 Å². The first-order valence-corrected chi connectivity index (χ1v) is 11.7. The van der Waals surface area contributed by atoms with Crippen molar-refractivity contribution in [2.45, 2.75) is 39.7 Å². The minimum absolute atomic E-state index is 0.0251. The number of hydrogen-bond acceptors (Lipinski definition) is 7. The third-order valence-corrected chi connectivity index (χ3v) is 6.70. The molecule has 0 N–H and O–H groups in total. The molecule has 2 unspecified atom stereocenters. The van der Waals surface area contributed by atoms with Crippen LogP contribution in [0.5, 0.6) is 0 Å². The summed E-state index contributed by atoms with van der Waals surface area (Å²) in [5.41, 5.74) is 2.26. The number of likely N-dealkylation sites (tertiary alicyclic amines) is 1. The molecular formula is C24H25N3O5S. The van der Waals surface area contributed by atoms with E-state index in [1.807, 2.05) is 43.3 Å². The fraction of sp³-hybridized carbons (Fsp3) is 0.375. The third kappa shape index (κ3) is 4.88. The van der Waals surface area contributed by atoms with Gasteiger partial charge in [0.15, 0.2) is 5.13 Å². The molecule has 0 bridgehead atoms. The number of imide groups is 1. The van der Waals surface area contributed by atoms with Crippen LogP contribution in [0.25, 0.3) is 0 Å². The van der Waals surface area contributed by atoms with Gasteiger partial charge in [-0.25, -0.2) is 4.98 Å². The number of ether oxygens (including phenoxy) is 1. The minimum Gasteiger partial charge on any atom is -0.459 e. The molecule has 1 aromatic heterocycles. The Balaban J connectivity index is 1.32. The molecule has 1 aliphatic heterocycles. The SMILES string of the molecule is CC(=O)N(c1cccc(C)c1)c1nc(COC(=O)CCN2C(=O)C3CC=CCC3C2=O)cs1. The topological polar surface area (TPSA) is 96.9 Å². The molecule has 1 aliphatic carbocycles. The van der Waals surface area contributed by atoms with Crippen molar-refractivity contribution in [2.24, 2.45) is 11.8 Å². The summed E-state index contributed by atoms with van der Waals surface area (Å²) in [4.78, 5) is 56.6. The molecule has 1 aromatic carbocycles. The van der Waals surface area contributed by atoms with Crippen LogP contribution in [0.4, 0.5) is 10.8 Å². The molecule has 0 saturated carbocycles. The van der Waals surface area contributed by atoms with E-state index in [9.17, 15) is 19.2 Å². The average molecular weight is 468 g/mol. The van der Waals surface area contributed by atoms with Gasteiger partial charge in [0.05, 0.1) is 29.6 Å². The number of aryl methyl sites for hydroxylation is 1. The van der Waals surface area contributed by atoms with Crippen molar-refractivity contribution in [3.05, 3.63) is 53.1 Å². The summed E-state index contributed by atoms with van der Waals surface area (Å²) in [5, 5.41) is 2.23. The zero-order valence-electron chi connectivity index (χ0n) is 18.5. The molecule has 3 amide bonds. The number of aromatic nitrogens is 1. The van der Waals surface area contributed by atoms with Gasteiger partial charge in [-0.05, 0) is 37.5 Å². The Morgan fingerprint density at radius 1 is 1.18 bits per heavy atom. The highest BCUT2D eigenvalue weighted by molar-refractivity contribution is 7.14. The van der Waals surface area contributed by atoms with Gasteiger partial charge in [-0.15, -0.1) is 11.3 Å². The van der Waals surface area contributed by atoms with Gasteiger partial charge in [0.25, 0.3) is 0 Å². The molecule has 1 fully saturated rings. The Morgan fingerprint density at radius 3 is 2.52 bits per heavy atom. The number of rotatable bonds is 7. The Hall–Kier alpha value is -3.33. The molecule has 33 heavy (non-hydrogen) atoms. The second kappa shape index (κ2) is 9.66. The predicted molar refractivity (Wildman–Crippen MR) is 123 cm³/mol. The van der Waals surface area contributed by atoms with Gasteiger partial charge in [0.1, 0.15) is 6.61 Å². The number of anilines is 2. The summed E-state index contributed by atoms with van der Waals surface area (Å²) in [7, 11) is 0. The molecule has 172 valence electrons. The van der Waals surface area contributed by atoms with Gasteiger partial charge in [-0.1, -0.05) is 24.3 Å². The number of hydrogen-bond donors (Lipinski definition) is 0. The van der Waals surface area contributed by atoms with Crippen LogP contribution in [0.3, 0.4) is 0 Å². The molecule has 0 spiro atoms. The van der Waals surface area contributed by atoms with Crippen molar-refractivity contribution >= 4 is 45.8 Å². The van der Waals surface area contributed by atoms with Crippen molar-refractivity contribution in [3.63, 3.8) is 0 Å². The monoisotopic (exact) mass is 467 g/mol. The van der Waals surface area contributed by atoms with E-state index in [-0.39, 0.29) is 49.1 Å². The lowest BCUT2D eigenvalue weighted by atomic mass is 9.85. The highest BCUT2D eigenvalue weighted by Gasteiger charge is 2.46. The zero-order valence-corrected chi connectivity index (χ0v) is 19.3. The largest absolute Gasteiger partial charge is 0.459 e. The molecule has 2 atom stereocenters. The molecule has 0 radical (unpaired) electrons. The van der Waals surface area contributed by atoms with Gasteiger partial charge in [0, 0.05) is 18.8 Å². The second-order valence-corrected chi connectivity index (χ2v) is 9.05. The van der Waals surface area contributed by atoms with Crippen LogP contribution in [0.2, 0.25) is 0 Å². The Bertz CT molecular complexity index is 1100. The Morgan fingerprint density at radius 2 is 1.88 bits per heavy atom. The lowest BCUT2D eigenvalue weighted by molar-refractivity contribution is -0.147. The first-order chi connectivity index (χ1) is 15.8. The molecule has 4 rings (SSSR count). The molecule has 2 aromatic rings. The predicted octanol–water partition coefficient (Wildman–Crippen LogP) is 3.52. The van der Waals surface area contributed by atoms with E-state index in [1.54, 1.807) is 5.38 Å². The van der Waals surface area contributed by atoms with Gasteiger partial charge in [-0.2, -0.15) is 0 Å². The van der Waals surface area contributed by atoms with Crippen molar-refractivity contribution in [1.29, 1.82) is 0 Å². The van der Waals surface area contributed by atoms with E-state index in [4.69, 9.17) is 4.74 Å². The molecule has 2 aliphatic rings. The number of fused-ring (bicyclic) bond motifs is 1. The Labute approximate surface area is 195 Å². The maximum Gasteiger partial charge on any atom is 0.307 e. The average Bonchev–Trinajstić information content (AvgIpc) is 3.34. The first kappa shape index (κ1) is 22.8. The lowest BCUT2D eigenvalue weighted by Crippen LogP contribution is -2.33. The number of benzene rings is 1. The number of carbonyl (C=O) groups is 4. The van der Waals surface area contributed by atoms with Crippen LogP contribution in [0.15, 0.2) is 41.8 Å². The van der Waals surface area contributed by atoms with Crippen molar-refractivity contribution in [3.8, 4) is 0 Å². The summed E-state index contributed by atoms with van der Waals surface area (Å²) in [6.45, 7) is 3.39. The third-order valence-electron chi connectivity index (χ3n) is 5.83. The van der Waals surface area contributed by atoms with Gasteiger partial charge < -0.3 is 4.74 Å². The van der Waals surface area contributed by atoms with Gasteiger partial charge in [0.2, 0.25) is 17.7 Å². The Kier molecular flexibility index (Phi) is 6.69. The number of amides is 3. The van der Waals surface area contributed by atoms with Gasteiger partial charge in [-0.3, -0.25) is 29.0 Å². The fourth-order valence-corrected chi connectivity index (χ4v) is 5.05. The van der Waals surface area contributed by atoms with Crippen LogP contribution in [-0.4, -0.2) is 40.1 Å². The molecule has 1 saturated heterocycles. The summed E-state index contributed by atoms with van der Waals surface area (Å²) in [6.07, 6.45) is 4.94. The molecule has 9 heteroatoms. The fourth-order valence-electron chi connectivity index (χ4n) is 4.18. The van der Waals surface area contributed by atoms with Crippen molar-refractivity contribution in [2.75, 3.05) is 11.4 Å². The lowest BCUT2D eigenvalue weighted by Gasteiger charge is -2.18.